The molecule has 0 saturated carbocycles. The minimum atomic E-state index is -0.559. The lowest BCUT2D eigenvalue weighted by Crippen LogP contribution is -2.21. The maximum Gasteiger partial charge on any atom is 0.326 e. The molecule has 0 aliphatic rings. The van der Waals surface area contributed by atoms with Crippen LogP contribution in [0.2, 0.25) is 0 Å². The third-order valence-electron chi connectivity index (χ3n) is 3.26. The monoisotopic (exact) mass is 298 g/mol. The van der Waals surface area contributed by atoms with E-state index in [1.54, 1.807) is 12.1 Å². The lowest BCUT2D eigenvalue weighted by molar-refractivity contribution is 0.285. The molecule has 3 aromatic rings. The second-order valence-electron chi connectivity index (χ2n) is 4.73. The van der Waals surface area contributed by atoms with Gasteiger partial charge in [-0.15, -0.1) is 0 Å². The maximum atomic E-state index is 11.8. The quantitative estimate of drug-likeness (QED) is 0.769. The highest BCUT2D eigenvalue weighted by atomic mass is 16.5. The largest absolute Gasteiger partial charge is 0.493 e. The fraction of sp³-hybridized carbons (Fsp3) is 0.125. The van der Waals surface area contributed by atoms with E-state index in [-0.39, 0.29) is 0 Å². The van der Waals surface area contributed by atoms with Crippen molar-refractivity contribution in [3.8, 4) is 11.5 Å². The van der Waals surface area contributed by atoms with Gasteiger partial charge in [-0.3, -0.25) is 9.78 Å². The lowest BCUT2D eigenvalue weighted by atomic mass is 10.2. The molecular weight excluding hydrogens is 284 g/mol. The SMILES string of the molecule is COc1cc2c(=O)[nH]c(=O)[nH]c2cc1OCc1ccccc1. The van der Waals surface area contributed by atoms with Gasteiger partial charge >= 0.3 is 5.69 Å². The molecule has 0 bridgehead atoms. The van der Waals surface area contributed by atoms with Gasteiger partial charge in [-0.05, 0) is 11.6 Å². The summed E-state index contributed by atoms with van der Waals surface area (Å²) in [5.41, 5.74) is 0.380. The molecule has 6 heteroatoms. The number of ether oxygens (including phenoxy) is 2. The molecule has 6 nitrogen and oxygen atoms in total. The van der Waals surface area contributed by atoms with E-state index in [1.165, 1.54) is 7.11 Å². The first-order valence-corrected chi connectivity index (χ1v) is 6.68. The van der Waals surface area contributed by atoms with Gasteiger partial charge in [0.05, 0.1) is 18.0 Å². The molecule has 0 fully saturated rings. The number of rotatable bonds is 4. The zero-order valence-electron chi connectivity index (χ0n) is 11.9. The summed E-state index contributed by atoms with van der Waals surface area (Å²) in [6.45, 7) is 0.357. The van der Waals surface area contributed by atoms with E-state index in [2.05, 4.69) is 9.97 Å². The number of aromatic amines is 2. The Morgan fingerprint density at radius 2 is 1.77 bits per heavy atom. The Morgan fingerprint density at radius 3 is 2.50 bits per heavy atom. The van der Waals surface area contributed by atoms with Crippen LogP contribution in [-0.2, 0) is 6.61 Å². The molecule has 0 unspecified atom stereocenters. The van der Waals surface area contributed by atoms with Crippen LogP contribution in [0.1, 0.15) is 5.56 Å². The van der Waals surface area contributed by atoms with Crippen molar-refractivity contribution in [2.75, 3.05) is 7.11 Å². The van der Waals surface area contributed by atoms with Crippen molar-refractivity contribution >= 4 is 10.9 Å². The molecule has 1 aromatic heterocycles. The van der Waals surface area contributed by atoms with Gasteiger partial charge in [-0.2, -0.15) is 0 Å². The van der Waals surface area contributed by atoms with E-state index in [9.17, 15) is 9.59 Å². The van der Waals surface area contributed by atoms with Crippen molar-refractivity contribution in [1.82, 2.24) is 9.97 Å². The second-order valence-corrected chi connectivity index (χ2v) is 4.73. The number of hydrogen-bond donors (Lipinski definition) is 2. The van der Waals surface area contributed by atoms with Gasteiger partial charge in [0, 0.05) is 6.07 Å². The van der Waals surface area contributed by atoms with E-state index < -0.39 is 11.2 Å². The van der Waals surface area contributed by atoms with E-state index in [0.29, 0.717) is 29.0 Å². The Labute approximate surface area is 125 Å². The Kier molecular flexibility index (Phi) is 3.65. The fourth-order valence-electron chi connectivity index (χ4n) is 2.18. The molecule has 0 spiro atoms. The first-order chi connectivity index (χ1) is 10.7. The Bertz CT molecular complexity index is 913. The van der Waals surface area contributed by atoms with Gasteiger partial charge in [-0.1, -0.05) is 30.3 Å². The summed E-state index contributed by atoms with van der Waals surface area (Å²) < 4.78 is 11.0. The van der Waals surface area contributed by atoms with Crippen LogP contribution in [0, 0.1) is 0 Å². The standard InChI is InChI=1S/C16H14N2O4/c1-21-13-7-11-12(17-16(20)18-15(11)19)8-14(13)22-9-10-5-3-2-4-6-10/h2-8H,9H2,1H3,(H2,17,18,19,20). The molecule has 2 N–H and O–H groups in total. The van der Waals surface area contributed by atoms with Crippen LogP contribution < -0.4 is 20.7 Å². The zero-order chi connectivity index (χ0) is 15.5. The number of benzene rings is 2. The highest BCUT2D eigenvalue weighted by Gasteiger charge is 2.10. The predicted octanol–water partition coefficient (Wildman–Crippen LogP) is 1.80. The minimum absolute atomic E-state index is 0.337. The number of nitrogens with one attached hydrogen (secondary N) is 2. The van der Waals surface area contributed by atoms with Crippen molar-refractivity contribution in [3.05, 3.63) is 68.9 Å². The van der Waals surface area contributed by atoms with Crippen molar-refractivity contribution in [3.63, 3.8) is 0 Å². The third-order valence-corrected chi connectivity index (χ3v) is 3.26. The van der Waals surface area contributed by atoms with Crippen molar-refractivity contribution in [2.45, 2.75) is 6.61 Å². The van der Waals surface area contributed by atoms with Crippen LogP contribution in [0.5, 0.6) is 11.5 Å². The molecule has 0 atom stereocenters. The predicted molar refractivity (Wildman–Crippen MR) is 82.5 cm³/mol. The van der Waals surface area contributed by atoms with E-state index in [1.807, 2.05) is 30.3 Å². The highest BCUT2D eigenvalue weighted by Crippen LogP contribution is 2.30. The summed E-state index contributed by atoms with van der Waals surface area (Å²) in [5, 5.41) is 0.337. The fourth-order valence-corrected chi connectivity index (χ4v) is 2.18. The molecule has 0 saturated heterocycles. The van der Waals surface area contributed by atoms with Crippen molar-refractivity contribution in [2.24, 2.45) is 0 Å². The molecule has 0 aliphatic heterocycles. The first-order valence-electron chi connectivity index (χ1n) is 6.68. The molecule has 0 aliphatic carbocycles. The second kappa shape index (κ2) is 5.77. The number of hydrogen-bond acceptors (Lipinski definition) is 4. The Morgan fingerprint density at radius 1 is 1.00 bits per heavy atom. The molecule has 3 rings (SSSR count). The first kappa shape index (κ1) is 13.9. The zero-order valence-corrected chi connectivity index (χ0v) is 11.9. The maximum absolute atomic E-state index is 11.8. The topological polar surface area (TPSA) is 84.2 Å². The van der Waals surface area contributed by atoms with Crippen LogP contribution in [0.3, 0.4) is 0 Å². The number of aromatic nitrogens is 2. The van der Waals surface area contributed by atoms with E-state index >= 15 is 0 Å². The van der Waals surface area contributed by atoms with Gasteiger partial charge in [0.1, 0.15) is 6.61 Å². The molecule has 112 valence electrons. The van der Waals surface area contributed by atoms with Crippen LogP contribution >= 0.6 is 0 Å². The molecule has 0 radical (unpaired) electrons. The van der Waals surface area contributed by atoms with Crippen LogP contribution in [-0.4, -0.2) is 17.1 Å². The Hall–Kier alpha value is -3.02. The van der Waals surface area contributed by atoms with E-state index in [4.69, 9.17) is 9.47 Å². The van der Waals surface area contributed by atoms with Gasteiger partial charge < -0.3 is 14.5 Å². The van der Waals surface area contributed by atoms with Crippen molar-refractivity contribution < 1.29 is 9.47 Å². The van der Waals surface area contributed by atoms with Gasteiger partial charge in [0.2, 0.25) is 0 Å². The summed E-state index contributed by atoms with van der Waals surface area (Å²) >= 11 is 0. The average Bonchev–Trinajstić information content (AvgIpc) is 2.53. The summed E-state index contributed by atoms with van der Waals surface area (Å²) in [7, 11) is 1.50. The normalized spacial score (nSPS) is 10.6. The van der Waals surface area contributed by atoms with Gasteiger partial charge in [0.15, 0.2) is 11.5 Å². The van der Waals surface area contributed by atoms with E-state index in [0.717, 1.165) is 5.56 Å². The minimum Gasteiger partial charge on any atom is -0.493 e. The summed E-state index contributed by atoms with van der Waals surface area (Å²) in [5.74, 6) is 0.890. The van der Waals surface area contributed by atoms with Gasteiger partial charge in [0.25, 0.3) is 5.56 Å². The summed E-state index contributed by atoms with van der Waals surface area (Å²) in [4.78, 5) is 27.9. The van der Waals surface area contributed by atoms with Crippen LogP contribution in [0.4, 0.5) is 0 Å². The highest BCUT2D eigenvalue weighted by molar-refractivity contribution is 5.81. The van der Waals surface area contributed by atoms with Crippen LogP contribution in [0.15, 0.2) is 52.1 Å². The molecule has 1 heterocycles. The van der Waals surface area contributed by atoms with Crippen LogP contribution in [0.25, 0.3) is 10.9 Å². The average molecular weight is 298 g/mol. The Balaban J connectivity index is 2.01. The smallest absolute Gasteiger partial charge is 0.326 e. The number of fused-ring (bicyclic) bond motifs is 1. The van der Waals surface area contributed by atoms with Gasteiger partial charge in [-0.25, -0.2) is 4.79 Å². The number of methoxy groups -OCH3 is 1. The molecule has 2 aromatic carbocycles. The summed E-state index contributed by atoms with van der Waals surface area (Å²) in [6, 6.07) is 12.8. The summed E-state index contributed by atoms with van der Waals surface area (Å²) in [6.07, 6.45) is 0. The lowest BCUT2D eigenvalue weighted by Gasteiger charge is -2.11. The molecular formula is C16H14N2O4. The molecule has 0 amide bonds. The van der Waals surface area contributed by atoms with Crippen molar-refractivity contribution in [1.29, 1.82) is 0 Å². The third kappa shape index (κ3) is 2.71. The molecule has 22 heavy (non-hydrogen) atoms. The number of H-pyrrole nitrogens is 2.